The molecule has 3 heteroatoms. The molecule has 0 amide bonds. The average molecular weight is 331 g/mol. The van der Waals surface area contributed by atoms with E-state index < -0.39 is 0 Å². The molecule has 126 valence electrons. The van der Waals surface area contributed by atoms with Crippen LogP contribution in [0.2, 0.25) is 0 Å². The van der Waals surface area contributed by atoms with Crippen LogP contribution in [0, 0.1) is 0 Å². The van der Waals surface area contributed by atoms with Crippen LogP contribution in [0.3, 0.4) is 0 Å². The van der Waals surface area contributed by atoms with E-state index in [1.54, 1.807) is 0 Å². The quantitative estimate of drug-likeness (QED) is 0.650. The van der Waals surface area contributed by atoms with Gasteiger partial charge in [0, 0.05) is 10.9 Å². The van der Waals surface area contributed by atoms with Gasteiger partial charge in [0.15, 0.2) is 0 Å². The van der Waals surface area contributed by atoms with E-state index in [-0.39, 0.29) is 11.2 Å². The Bertz CT molecular complexity index is 1030. The lowest BCUT2D eigenvalue weighted by Crippen LogP contribution is -2.35. The zero-order chi connectivity index (χ0) is 17.4. The number of hydrogen-bond donors (Lipinski definition) is 0. The van der Waals surface area contributed by atoms with Gasteiger partial charge < -0.3 is 4.42 Å². The van der Waals surface area contributed by atoms with Crippen molar-refractivity contribution in [1.82, 2.24) is 0 Å². The van der Waals surface area contributed by atoms with Crippen LogP contribution in [0.1, 0.15) is 43.4 Å². The van der Waals surface area contributed by atoms with Crippen molar-refractivity contribution in [2.45, 2.75) is 38.6 Å². The third-order valence-electron chi connectivity index (χ3n) is 5.35. The van der Waals surface area contributed by atoms with Gasteiger partial charge in [-0.2, -0.15) is 0 Å². The molecule has 2 heterocycles. The molecule has 1 aliphatic heterocycles. The lowest BCUT2D eigenvalue weighted by Gasteiger charge is -2.34. The van der Waals surface area contributed by atoms with Gasteiger partial charge in [0.1, 0.15) is 5.58 Å². The molecular formula is C22H21NO2. The van der Waals surface area contributed by atoms with E-state index in [1.165, 1.54) is 5.56 Å². The maximum Gasteiger partial charge on any atom is 0.345 e. The van der Waals surface area contributed by atoms with Crippen LogP contribution < -0.4 is 5.63 Å². The summed E-state index contributed by atoms with van der Waals surface area (Å²) >= 11 is 0. The third kappa shape index (κ3) is 2.60. The Morgan fingerprint density at radius 3 is 2.52 bits per heavy atom. The van der Waals surface area contributed by atoms with Gasteiger partial charge in [0.2, 0.25) is 0 Å². The molecule has 0 spiro atoms. The van der Waals surface area contributed by atoms with Crippen molar-refractivity contribution in [3.8, 4) is 0 Å². The summed E-state index contributed by atoms with van der Waals surface area (Å²) in [4.78, 5) is 17.8. The van der Waals surface area contributed by atoms with Gasteiger partial charge in [0.05, 0.1) is 16.8 Å². The Kier molecular flexibility index (Phi) is 3.79. The molecule has 0 radical (unpaired) electrons. The van der Waals surface area contributed by atoms with Gasteiger partial charge >= 0.3 is 5.63 Å². The fraction of sp³-hybridized carbons (Fsp3) is 0.273. The van der Waals surface area contributed by atoms with Crippen molar-refractivity contribution in [2.24, 2.45) is 4.99 Å². The number of fused-ring (bicyclic) bond motifs is 2. The maximum absolute atomic E-state index is 12.7. The molecule has 0 N–H and O–H groups in total. The van der Waals surface area contributed by atoms with Gasteiger partial charge in [-0.1, -0.05) is 56.3 Å². The van der Waals surface area contributed by atoms with Crippen LogP contribution >= 0.6 is 0 Å². The first-order chi connectivity index (χ1) is 12.2. The van der Waals surface area contributed by atoms with Crippen molar-refractivity contribution >= 4 is 16.7 Å². The molecule has 25 heavy (non-hydrogen) atoms. The summed E-state index contributed by atoms with van der Waals surface area (Å²) in [7, 11) is 0. The molecule has 0 aliphatic carbocycles. The summed E-state index contributed by atoms with van der Waals surface area (Å²) in [5, 5.41) is 0.918. The van der Waals surface area contributed by atoms with Crippen LogP contribution in [0.25, 0.3) is 11.0 Å². The molecule has 0 atom stereocenters. The third-order valence-corrected chi connectivity index (χ3v) is 5.35. The first-order valence-corrected chi connectivity index (χ1v) is 8.87. The average Bonchev–Trinajstić information content (AvgIpc) is 2.66. The molecule has 2 aromatic carbocycles. The molecular weight excluding hydrogens is 310 g/mol. The topological polar surface area (TPSA) is 42.6 Å². The first-order valence-electron chi connectivity index (χ1n) is 8.87. The monoisotopic (exact) mass is 331 g/mol. The van der Waals surface area contributed by atoms with Gasteiger partial charge in [-0.05, 0) is 37.0 Å². The second-order valence-corrected chi connectivity index (χ2v) is 6.71. The van der Waals surface area contributed by atoms with Gasteiger partial charge in [0.25, 0.3) is 0 Å². The number of para-hydroxylation sites is 1. The minimum atomic E-state index is -0.324. The van der Waals surface area contributed by atoms with Crippen LogP contribution in [0.15, 0.2) is 68.8 Å². The zero-order valence-corrected chi connectivity index (χ0v) is 14.6. The predicted octanol–water partition coefficient (Wildman–Crippen LogP) is 4.75. The van der Waals surface area contributed by atoms with Gasteiger partial charge in [-0.25, -0.2) is 4.79 Å². The van der Waals surface area contributed by atoms with Crippen molar-refractivity contribution in [2.75, 3.05) is 0 Å². The van der Waals surface area contributed by atoms with Crippen LogP contribution in [-0.4, -0.2) is 11.3 Å². The van der Waals surface area contributed by atoms with E-state index in [4.69, 9.17) is 9.41 Å². The van der Waals surface area contributed by atoms with Crippen molar-refractivity contribution in [3.05, 3.63) is 81.7 Å². The molecule has 3 nitrogen and oxygen atoms in total. The predicted molar refractivity (Wildman–Crippen MR) is 102 cm³/mol. The fourth-order valence-corrected chi connectivity index (χ4v) is 3.69. The van der Waals surface area contributed by atoms with Gasteiger partial charge in [-0.3, -0.25) is 4.99 Å². The summed E-state index contributed by atoms with van der Waals surface area (Å²) in [5.74, 6) is 0. The smallest absolute Gasteiger partial charge is 0.345 e. The van der Waals surface area contributed by atoms with E-state index in [1.807, 2.05) is 36.4 Å². The van der Waals surface area contributed by atoms with Gasteiger partial charge in [-0.15, -0.1) is 0 Å². The summed E-state index contributed by atoms with van der Waals surface area (Å²) in [6, 6.07) is 17.8. The highest BCUT2D eigenvalue weighted by Gasteiger charge is 2.33. The van der Waals surface area contributed by atoms with E-state index in [0.717, 1.165) is 35.9 Å². The second kappa shape index (κ2) is 5.99. The van der Waals surface area contributed by atoms with Crippen LogP contribution in [0.5, 0.6) is 0 Å². The van der Waals surface area contributed by atoms with E-state index in [2.05, 4.69) is 32.0 Å². The molecule has 0 fully saturated rings. The lowest BCUT2D eigenvalue weighted by atomic mass is 9.80. The van der Waals surface area contributed by atoms with E-state index in [0.29, 0.717) is 11.1 Å². The first kappa shape index (κ1) is 15.8. The highest BCUT2D eigenvalue weighted by molar-refractivity contribution is 6.15. The largest absolute Gasteiger partial charge is 0.422 e. The summed E-state index contributed by atoms with van der Waals surface area (Å²) in [6.45, 7) is 4.34. The molecule has 0 saturated heterocycles. The maximum atomic E-state index is 12.7. The van der Waals surface area contributed by atoms with Crippen molar-refractivity contribution in [1.29, 1.82) is 0 Å². The molecule has 3 aromatic rings. The highest BCUT2D eigenvalue weighted by atomic mass is 16.4. The molecule has 0 saturated carbocycles. The Labute approximate surface area is 147 Å². The number of aliphatic imine (C=N–C) groups is 1. The number of nitrogens with zero attached hydrogens (tertiary/aromatic N) is 1. The van der Waals surface area contributed by atoms with E-state index in [9.17, 15) is 4.79 Å². The standard InChI is InChI=1S/C22H21NO2/c1-3-22(4-2)14-16-10-5-7-11-17(16)20(23-22)18-13-15-9-6-8-12-19(15)25-21(18)24/h5-13H,3-4,14H2,1-2H3. The summed E-state index contributed by atoms with van der Waals surface area (Å²) < 4.78 is 5.56. The summed E-state index contributed by atoms with van der Waals surface area (Å²) in [5.41, 5.74) is 3.75. The Balaban J connectivity index is 2.00. The Morgan fingerprint density at radius 2 is 1.72 bits per heavy atom. The molecule has 1 aromatic heterocycles. The SMILES string of the molecule is CCC1(CC)Cc2ccccc2C(c2cc3ccccc3oc2=O)=N1. The van der Waals surface area contributed by atoms with Crippen molar-refractivity contribution in [3.63, 3.8) is 0 Å². The fourth-order valence-electron chi connectivity index (χ4n) is 3.69. The van der Waals surface area contributed by atoms with Crippen molar-refractivity contribution < 1.29 is 4.42 Å². The lowest BCUT2D eigenvalue weighted by molar-refractivity contribution is 0.392. The van der Waals surface area contributed by atoms with Crippen LogP contribution in [-0.2, 0) is 6.42 Å². The Hall–Kier alpha value is -2.68. The second-order valence-electron chi connectivity index (χ2n) is 6.71. The molecule has 0 bridgehead atoms. The molecule has 0 unspecified atom stereocenters. The Morgan fingerprint density at radius 1 is 1.00 bits per heavy atom. The number of hydrogen-bond acceptors (Lipinski definition) is 3. The molecule has 1 aliphatic rings. The summed E-state index contributed by atoms with van der Waals surface area (Å²) in [6.07, 6.45) is 2.80. The number of rotatable bonds is 3. The minimum absolute atomic E-state index is 0.151. The van der Waals surface area contributed by atoms with Crippen LogP contribution in [0.4, 0.5) is 0 Å². The highest BCUT2D eigenvalue weighted by Crippen LogP contribution is 2.34. The minimum Gasteiger partial charge on any atom is -0.422 e. The number of benzene rings is 2. The van der Waals surface area contributed by atoms with E-state index >= 15 is 0 Å². The normalized spacial score (nSPS) is 15.7. The molecule has 4 rings (SSSR count). The zero-order valence-electron chi connectivity index (χ0n) is 14.6.